The SMILES string of the molecule is CCOC(=O)CC(NC[Si](OC)(OC)OC)C(=O)OCC. The van der Waals surface area contributed by atoms with E-state index in [1.54, 1.807) is 13.8 Å². The van der Waals surface area contributed by atoms with Crippen LogP contribution in [0.1, 0.15) is 20.3 Å². The van der Waals surface area contributed by atoms with Crippen LogP contribution in [0.25, 0.3) is 0 Å². The summed E-state index contributed by atoms with van der Waals surface area (Å²) in [4.78, 5) is 23.4. The van der Waals surface area contributed by atoms with E-state index in [2.05, 4.69) is 5.32 Å². The highest BCUT2D eigenvalue weighted by atomic mass is 28.4. The smallest absolute Gasteiger partial charge is 0.466 e. The van der Waals surface area contributed by atoms with Gasteiger partial charge in [-0.3, -0.25) is 14.9 Å². The molecule has 0 aromatic carbocycles. The quantitative estimate of drug-likeness (QED) is 0.415. The lowest BCUT2D eigenvalue weighted by Crippen LogP contribution is -2.56. The molecule has 0 saturated heterocycles. The molecule has 0 aromatic rings. The lowest BCUT2D eigenvalue weighted by Gasteiger charge is -2.26. The first-order valence-corrected chi connectivity index (χ1v) is 8.62. The second-order valence-electron chi connectivity index (χ2n) is 3.99. The van der Waals surface area contributed by atoms with Crippen molar-refractivity contribution in [3.05, 3.63) is 0 Å². The lowest BCUT2D eigenvalue weighted by atomic mass is 10.2. The summed E-state index contributed by atoms with van der Waals surface area (Å²) in [6, 6.07) is -0.837. The number of carbonyl (C=O) groups is 2. The predicted octanol–water partition coefficient (Wildman–Crippen LogP) is -0.122. The Kier molecular flexibility index (Phi) is 10.2. The van der Waals surface area contributed by atoms with Gasteiger partial charge >= 0.3 is 20.7 Å². The Morgan fingerprint density at radius 2 is 1.52 bits per heavy atom. The van der Waals surface area contributed by atoms with Gasteiger partial charge in [0, 0.05) is 21.3 Å². The van der Waals surface area contributed by atoms with Crippen molar-refractivity contribution in [3.8, 4) is 0 Å². The molecule has 1 atom stereocenters. The standard InChI is InChI=1S/C12H25NO7Si/c1-6-19-11(14)8-10(12(15)20-7-2)13-9-21(16-3,17-4)18-5/h10,13H,6-9H2,1-5H3. The summed E-state index contributed by atoms with van der Waals surface area (Å²) >= 11 is 0. The number of esters is 2. The summed E-state index contributed by atoms with van der Waals surface area (Å²) < 4.78 is 25.5. The van der Waals surface area contributed by atoms with Crippen LogP contribution in [0.2, 0.25) is 0 Å². The molecular formula is C12H25NO7Si. The first-order chi connectivity index (χ1) is 9.98. The zero-order valence-electron chi connectivity index (χ0n) is 13.3. The van der Waals surface area contributed by atoms with Crippen molar-refractivity contribution in [3.63, 3.8) is 0 Å². The Hall–Kier alpha value is -1.00. The van der Waals surface area contributed by atoms with Gasteiger partial charge in [-0.15, -0.1) is 0 Å². The number of carbonyl (C=O) groups excluding carboxylic acids is 2. The van der Waals surface area contributed by atoms with Crippen LogP contribution in [-0.2, 0) is 32.3 Å². The number of hydrogen-bond donors (Lipinski definition) is 1. The van der Waals surface area contributed by atoms with E-state index in [9.17, 15) is 9.59 Å². The van der Waals surface area contributed by atoms with Crippen molar-refractivity contribution >= 4 is 20.7 Å². The monoisotopic (exact) mass is 323 g/mol. The van der Waals surface area contributed by atoms with Crippen LogP contribution in [0.15, 0.2) is 0 Å². The normalized spacial score (nSPS) is 12.8. The van der Waals surface area contributed by atoms with Gasteiger partial charge in [-0.05, 0) is 13.8 Å². The van der Waals surface area contributed by atoms with E-state index in [4.69, 9.17) is 22.8 Å². The molecule has 8 nitrogen and oxygen atoms in total. The maximum atomic E-state index is 11.9. The molecule has 0 amide bonds. The molecule has 0 aliphatic rings. The molecule has 21 heavy (non-hydrogen) atoms. The molecular weight excluding hydrogens is 298 g/mol. The van der Waals surface area contributed by atoms with Gasteiger partial charge in [0.25, 0.3) is 0 Å². The third-order valence-electron chi connectivity index (χ3n) is 2.75. The maximum absolute atomic E-state index is 11.9. The summed E-state index contributed by atoms with van der Waals surface area (Å²) in [7, 11) is 1.50. The van der Waals surface area contributed by atoms with Crippen molar-refractivity contribution in [2.75, 3.05) is 40.7 Å². The molecule has 0 heterocycles. The summed E-state index contributed by atoms with van der Waals surface area (Å²) in [6.07, 6.45) is 0.0354. The molecule has 0 aromatic heterocycles. The van der Waals surface area contributed by atoms with Gasteiger partial charge in [-0.25, -0.2) is 0 Å². The Balaban J connectivity index is 4.73. The van der Waals surface area contributed by atoms with Crippen LogP contribution in [0.3, 0.4) is 0 Å². The van der Waals surface area contributed by atoms with Crippen molar-refractivity contribution in [1.82, 2.24) is 5.32 Å². The summed E-state index contributed by atoms with van der Waals surface area (Å²) in [5.74, 6) is -1.01. The number of rotatable bonds is 11. The average Bonchev–Trinajstić information content (AvgIpc) is 2.48. The van der Waals surface area contributed by atoms with E-state index < -0.39 is 26.8 Å². The average molecular weight is 323 g/mol. The molecule has 0 fully saturated rings. The summed E-state index contributed by atoms with van der Waals surface area (Å²) in [5.41, 5.74) is 0. The number of ether oxygens (including phenoxy) is 2. The Morgan fingerprint density at radius 1 is 1.00 bits per heavy atom. The minimum absolute atomic E-state index is 0.131. The molecule has 1 unspecified atom stereocenters. The molecule has 0 bridgehead atoms. The first-order valence-electron chi connectivity index (χ1n) is 6.69. The molecule has 0 spiro atoms. The first kappa shape index (κ1) is 20.0. The fourth-order valence-corrected chi connectivity index (χ4v) is 3.01. The highest BCUT2D eigenvalue weighted by Crippen LogP contribution is 2.06. The molecule has 0 aliphatic heterocycles. The van der Waals surface area contributed by atoms with Gasteiger partial charge in [0.05, 0.1) is 25.8 Å². The third kappa shape index (κ3) is 7.00. The van der Waals surface area contributed by atoms with Crippen molar-refractivity contribution in [2.45, 2.75) is 26.3 Å². The van der Waals surface area contributed by atoms with Gasteiger partial charge in [-0.1, -0.05) is 0 Å². The second-order valence-corrected chi connectivity index (χ2v) is 6.93. The summed E-state index contributed by atoms with van der Waals surface area (Å²) in [6.45, 7) is 3.86. The van der Waals surface area contributed by atoms with Crippen molar-refractivity contribution in [2.24, 2.45) is 0 Å². The van der Waals surface area contributed by atoms with E-state index in [1.807, 2.05) is 0 Å². The van der Waals surface area contributed by atoms with Crippen LogP contribution >= 0.6 is 0 Å². The maximum Gasteiger partial charge on any atom is 0.514 e. The topological polar surface area (TPSA) is 92.3 Å². The Labute approximate surface area is 126 Å². The number of nitrogens with one attached hydrogen (secondary N) is 1. The Bertz CT molecular complexity index is 314. The molecule has 0 rings (SSSR count). The van der Waals surface area contributed by atoms with Gasteiger partial charge in [0.2, 0.25) is 0 Å². The third-order valence-corrected chi connectivity index (χ3v) is 5.25. The lowest BCUT2D eigenvalue weighted by molar-refractivity contribution is -0.152. The molecule has 124 valence electrons. The zero-order valence-corrected chi connectivity index (χ0v) is 14.3. The van der Waals surface area contributed by atoms with E-state index in [0.717, 1.165) is 0 Å². The molecule has 0 saturated carbocycles. The fraction of sp³-hybridized carbons (Fsp3) is 0.833. The molecule has 1 N–H and O–H groups in total. The predicted molar refractivity (Wildman–Crippen MR) is 76.5 cm³/mol. The van der Waals surface area contributed by atoms with E-state index >= 15 is 0 Å². The number of hydrogen-bond acceptors (Lipinski definition) is 8. The van der Waals surface area contributed by atoms with E-state index in [1.165, 1.54) is 21.3 Å². The molecule has 0 radical (unpaired) electrons. The van der Waals surface area contributed by atoms with Crippen molar-refractivity contribution in [1.29, 1.82) is 0 Å². The highest BCUT2D eigenvalue weighted by molar-refractivity contribution is 6.60. The summed E-state index contributed by atoms with van der Waals surface area (Å²) in [5, 5.41) is 2.90. The molecule has 9 heteroatoms. The molecule has 0 aliphatic carbocycles. The van der Waals surface area contributed by atoms with Crippen LogP contribution < -0.4 is 5.32 Å². The minimum Gasteiger partial charge on any atom is -0.466 e. The van der Waals surface area contributed by atoms with Crippen LogP contribution in [-0.4, -0.2) is 67.5 Å². The van der Waals surface area contributed by atoms with Gasteiger partial charge in [0.1, 0.15) is 6.04 Å². The fourth-order valence-electron chi connectivity index (χ4n) is 1.58. The highest BCUT2D eigenvalue weighted by Gasteiger charge is 2.39. The largest absolute Gasteiger partial charge is 0.514 e. The van der Waals surface area contributed by atoms with Crippen LogP contribution in [0.5, 0.6) is 0 Å². The van der Waals surface area contributed by atoms with E-state index in [0.29, 0.717) is 0 Å². The van der Waals surface area contributed by atoms with Gasteiger partial charge < -0.3 is 22.8 Å². The van der Waals surface area contributed by atoms with Crippen LogP contribution in [0.4, 0.5) is 0 Å². The van der Waals surface area contributed by atoms with Gasteiger partial charge in [0.15, 0.2) is 0 Å². The minimum atomic E-state index is -2.89. The van der Waals surface area contributed by atoms with Crippen molar-refractivity contribution < 1.29 is 32.3 Å². The van der Waals surface area contributed by atoms with Crippen LogP contribution in [0, 0.1) is 0 Å². The van der Waals surface area contributed by atoms with Gasteiger partial charge in [-0.2, -0.15) is 0 Å². The zero-order chi connectivity index (χ0) is 16.3. The van der Waals surface area contributed by atoms with E-state index in [-0.39, 0.29) is 25.8 Å². The Morgan fingerprint density at radius 3 is 1.95 bits per heavy atom. The second kappa shape index (κ2) is 10.7.